The van der Waals surface area contributed by atoms with Crippen LogP contribution in [0.15, 0.2) is 36.4 Å². The van der Waals surface area contributed by atoms with Gasteiger partial charge in [0.2, 0.25) is 0 Å². The zero-order valence-electron chi connectivity index (χ0n) is 17.2. The van der Waals surface area contributed by atoms with E-state index in [4.69, 9.17) is 4.74 Å². The van der Waals surface area contributed by atoms with Crippen molar-refractivity contribution in [3.63, 3.8) is 0 Å². The molecule has 6 heteroatoms. The van der Waals surface area contributed by atoms with Gasteiger partial charge in [0, 0.05) is 6.54 Å². The van der Waals surface area contributed by atoms with Crippen LogP contribution in [0.25, 0.3) is 0 Å². The Morgan fingerprint density at radius 3 is 2.64 bits per heavy atom. The number of urea groups is 1. The largest absolute Gasteiger partial charge is 0.497 e. The Morgan fingerprint density at radius 1 is 1.32 bits per heavy atom. The van der Waals surface area contributed by atoms with Gasteiger partial charge in [-0.15, -0.1) is 0 Å². The number of amides is 3. The average molecular weight is 386 g/mol. The van der Waals surface area contributed by atoms with E-state index in [1.54, 1.807) is 7.11 Å². The molecule has 6 nitrogen and oxygen atoms in total. The predicted octanol–water partition coefficient (Wildman–Crippen LogP) is 3.18. The molecule has 2 aliphatic rings. The fourth-order valence-electron chi connectivity index (χ4n) is 4.48. The highest BCUT2D eigenvalue weighted by atomic mass is 16.5. The summed E-state index contributed by atoms with van der Waals surface area (Å²) in [6.07, 6.45) is 2.40. The number of methoxy groups -OCH3 is 1. The number of benzene rings is 1. The van der Waals surface area contributed by atoms with Crippen LogP contribution in [0.3, 0.4) is 0 Å². The molecule has 0 saturated carbocycles. The summed E-state index contributed by atoms with van der Waals surface area (Å²) < 4.78 is 5.31. The number of carbonyl (C=O) groups excluding carboxylic acids is 2. The lowest BCUT2D eigenvalue weighted by Crippen LogP contribution is -2.55. The molecule has 1 atom stereocenters. The summed E-state index contributed by atoms with van der Waals surface area (Å²) in [4.78, 5) is 29.3. The molecule has 2 aliphatic heterocycles. The van der Waals surface area contributed by atoms with Crippen LogP contribution in [-0.4, -0.2) is 54.0 Å². The average Bonchev–Trinajstić information content (AvgIpc) is 2.93. The van der Waals surface area contributed by atoms with Gasteiger partial charge in [0.05, 0.1) is 13.7 Å². The maximum Gasteiger partial charge on any atom is 0.325 e. The summed E-state index contributed by atoms with van der Waals surface area (Å²) in [6.45, 7) is 10.7. The molecule has 0 aromatic heterocycles. The van der Waals surface area contributed by atoms with Crippen molar-refractivity contribution in [3.05, 3.63) is 42.0 Å². The number of hydrogen-bond donors (Lipinski definition) is 1. The van der Waals surface area contributed by atoms with Crippen LogP contribution in [0.2, 0.25) is 0 Å². The maximum atomic E-state index is 13.1. The van der Waals surface area contributed by atoms with Gasteiger partial charge in [0.15, 0.2) is 0 Å². The topological polar surface area (TPSA) is 61.9 Å². The van der Waals surface area contributed by atoms with Gasteiger partial charge in [-0.1, -0.05) is 31.2 Å². The summed E-state index contributed by atoms with van der Waals surface area (Å²) >= 11 is 0. The number of ether oxygens (including phenoxy) is 1. The third kappa shape index (κ3) is 3.92. The normalized spacial score (nSPS) is 23.8. The van der Waals surface area contributed by atoms with Crippen molar-refractivity contribution >= 4 is 11.9 Å². The Bertz CT molecular complexity index is 755. The third-order valence-corrected chi connectivity index (χ3v) is 6.01. The third-order valence-electron chi connectivity index (χ3n) is 6.01. The van der Waals surface area contributed by atoms with Gasteiger partial charge < -0.3 is 10.1 Å². The number of rotatable bonds is 7. The van der Waals surface area contributed by atoms with E-state index in [0.717, 1.165) is 43.8 Å². The number of hydrogen-bond acceptors (Lipinski definition) is 4. The summed E-state index contributed by atoms with van der Waals surface area (Å²) in [6, 6.07) is 7.85. The molecule has 1 N–H and O–H groups in total. The Hall–Kier alpha value is -2.34. The first-order valence-corrected chi connectivity index (χ1v) is 10.0. The lowest BCUT2D eigenvalue weighted by Gasteiger charge is -2.40. The monoisotopic (exact) mass is 385 g/mol. The number of likely N-dealkylation sites (tertiary alicyclic amines) is 1. The zero-order valence-corrected chi connectivity index (χ0v) is 17.2. The highest BCUT2D eigenvalue weighted by Crippen LogP contribution is 2.36. The van der Waals surface area contributed by atoms with Crippen LogP contribution in [-0.2, 0) is 11.3 Å². The smallest absolute Gasteiger partial charge is 0.325 e. The van der Waals surface area contributed by atoms with Gasteiger partial charge in [-0.3, -0.25) is 14.6 Å². The maximum absolute atomic E-state index is 13.1. The Balaban J connectivity index is 1.65. The van der Waals surface area contributed by atoms with Crippen LogP contribution in [0, 0.1) is 5.92 Å². The number of nitrogens with zero attached hydrogens (tertiary/aromatic N) is 2. The van der Waals surface area contributed by atoms with Crippen molar-refractivity contribution in [2.75, 3.05) is 26.7 Å². The van der Waals surface area contributed by atoms with E-state index in [9.17, 15) is 9.59 Å². The molecular formula is C22H31N3O3. The molecule has 152 valence electrons. The van der Waals surface area contributed by atoms with E-state index in [0.29, 0.717) is 13.0 Å². The highest BCUT2D eigenvalue weighted by molar-refractivity contribution is 6.07. The second kappa shape index (κ2) is 8.35. The number of imide groups is 1. The minimum atomic E-state index is -0.769. The fraction of sp³-hybridized carbons (Fsp3) is 0.545. The zero-order chi connectivity index (χ0) is 20.3. The molecule has 3 rings (SSSR count). The lowest BCUT2D eigenvalue weighted by molar-refractivity contribution is -0.134. The summed E-state index contributed by atoms with van der Waals surface area (Å²) in [5, 5.41) is 3.03. The summed E-state index contributed by atoms with van der Waals surface area (Å²) in [5.74, 6) is 0.939. The van der Waals surface area contributed by atoms with E-state index in [1.807, 2.05) is 26.0 Å². The molecule has 0 radical (unpaired) electrons. The van der Waals surface area contributed by atoms with Crippen molar-refractivity contribution in [1.29, 1.82) is 0 Å². The van der Waals surface area contributed by atoms with Crippen LogP contribution in [0.1, 0.15) is 38.7 Å². The molecule has 0 spiro atoms. The Kier molecular flexibility index (Phi) is 6.08. The van der Waals surface area contributed by atoms with Crippen LogP contribution in [0.4, 0.5) is 4.79 Å². The molecule has 1 aromatic carbocycles. The first-order chi connectivity index (χ1) is 13.4. The molecule has 3 amide bonds. The van der Waals surface area contributed by atoms with Gasteiger partial charge in [-0.05, 0) is 62.9 Å². The van der Waals surface area contributed by atoms with Crippen molar-refractivity contribution in [2.45, 2.75) is 45.2 Å². The van der Waals surface area contributed by atoms with Crippen molar-refractivity contribution in [2.24, 2.45) is 5.92 Å². The van der Waals surface area contributed by atoms with Gasteiger partial charge in [-0.25, -0.2) is 4.79 Å². The van der Waals surface area contributed by atoms with Gasteiger partial charge >= 0.3 is 6.03 Å². The van der Waals surface area contributed by atoms with Crippen LogP contribution in [0.5, 0.6) is 5.75 Å². The molecule has 2 heterocycles. The highest BCUT2D eigenvalue weighted by Gasteiger charge is 2.54. The first-order valence-electron chi connectivity index (χ1n) is 10.0. The van der Waals surface area contributed by atoms with E-state index in [1.165, 1.54) is 10.5 Å². The number of nitrogens with one attached hydrogen (secondary N) is 1. The van der Waals surface area contributed by atoms with E-state index < -0.39 is 5.54 Å². The first kappa shape index (κ1) is 20.4. The summed E-state index contributed by atoms with van der Waals surface area (Å²) in [7, 11) is 1.68. The Labute approximate surface area is 167 Å². The second-order valence-corrected chi connectivity index (χ2v) is 8.01. The molecule has 28 heavy (non-hydrogen) atoms. The quantitative estimate of drug-likeness (QED) is 0.578. The second-order valence-electron chi connectivity index (χ2n) is 8.01. The van der Waals surface area contributed by atoms with E-state index in [-0.39, 0.29) is 17.9 Å². The van der Waals surface area contributed by atoms with Crippen molar-refractivity contribution in [1.82, 2.24) is 15.1 Å². The van der Waals surface area contributed by atoms with Crippen molar-refractivity contribution < 1.29 is 14.3 Å². The molecule has 1 aromatic rings. The molecule has 2 saturated heterocycles. The van der Waals surface area contributed by atoms with Crippen molar-refractivity contribution in [3.8, 4) is 5.75 Å². The minimum absolute atomic E-state index is 0.0887. The summed E-state index contributed by atoms with van der Waals surface area (Å²) in [5.41, 5.74) is 1.26. The van der Waals surface area contributed by atoms with E-state index in [2.05, 4.69) is 28.9 Å². The molecule has 0 unspecified atom stereocenters. The van der Waals surface area contributed by atoms with Crippen LogP contribution >= 0.6 is 0 Å². The standard InChI is InChI=1S/C22H31N3O3/c1-5-22(20(26)25(14-16(2)3)21(27)23-22)18-9-11-24(12-10-18)15-17-7-6-8-19(13-17)28-4/h6-8,13,18H,2,5,9-12,14-15H2,1,3-4H3,(H,23,27)/t22-/m1/s1. The van der Waals surface area contributed by atoms with Gasteiger partial charge in [-0.2, -0.15) is 0 Å². The molecule has 2 fully saturated rings. The van der Waals surface area contributed by atoms with Gasteiger partial charge in [0.1, 0.15) is 11.3 Å². The predicted molar refractivity (Wildman–Crippen MR) is 109 cm³/mol. The van der Waals surface area contributed by atoms with Crippen LogP contribution < -0.4 is 10.1 Å². The van der Waals surface area contributed by atoms with E-state index >= 15 is 0 Å². The van der Waals surface area contributed by atoms with Gasteiger partial charge in [0.25, 0.3) is 5.91 Å². The SMILES string of the molecule is C=C(C)CN1C(=O)N[C@](CC)(C2CCN(Cc3cccc(OC)c3)CC2)C1=O. The Morgan fingerprint density at radius 2 is 2.04 bits per heavy atom. The fourth-order valence-corrected chi connectivity index (χ4v) is 4.48. The number of piperidine rings is 1. The number of carbonyl (C=O) groups is 2. The minimum Gasteiger partial charge on any atom is -0.497 e. The molecule has 0 aliphatic carbocycles. The molecule has 0 bridgehead atoms. The lowest BCUT2D eigenvalue weighted by atomic mass is 9.75. The molecular weight excluding hydrogens is 354 g/mol.